The number of halogens is 3. The maximum absolute atomic E-state index is 11.5. The van der Waals surface area contributed by atoms with Gasteiger partial charge in [-0.2, -0.15) is 0 Å². The Hall–Kier alpha value is -1.70. The number of nitrogens with zero attached hydrogens (tertiary/aromatic N) is 2. The Bertz CT molecular complexity index is 1160. The molecule has 38 heavy (non-hydrogen) atoms. The minimum absolute atomic E-state index is 0.205. The smallest absolute Gasteiger partial charge is 0.309 e. The van der Waals surface area contributed by atoms with E-state index in [9.17, 15) is 9.90 Å². The van der Waals surface area contributed by atoms with Crippen LogP contribution in [0.25, 0.3) is 0 Å². The second-order valence-electron chi connectivity index (χ2n) is 11.2. The molecule has 9 heteroatoms. The Morgan fingerprint density at radius 3 is 2.50 bits per heavy atom. The number of piperidine rings is 1. The van der Waals surface area contributed by atoms with Crippen LogP contribution in [0, 0.1) is 11.3 Å². The van der Waals surface area contributed by atoms with Gasteiger partial charge >= 0.3 is 5.97 Å². The van der Waals surface area contributed by atoms with Gasteiger partial charge in [0, 0.05) is 59.6 Å². The lowest BCUT2D eigenvalue weighted by Gasteiger charge is -2.50. The van der Waals surface area contributed by atoms with Crippen molar-refractivity contribution in [1.82, 2.24) is 4.90 Å². The van der Waals surface area contributed by atoms with Crippen LogP contribution < -0.4 is 9.64 Å². The lowest BCUT2D eigenvalue weighted by Crippen LogP contribution is -2.58. The van der Waals surface area contributed by atoms with Gasteiger partial charge in [-0.05, 0) is 69.7 Å². The zero-order valence-corrected chi connectivity index (χ0v) is 24.1. The van der Waals surface area contributed by atoms with Crippen LogP contribution in [-0.2, 0) is 9.53 Å². The topological polar surface area (TPSA) is 62.2 Å². The number of benzene rings is 2. The second-order valence-corrected chi connectivity index (χ2v) is 12.4. The van der Waals surface area contributed by atoms with Crippen molar-refractivity contribution in [2.45, 2.75) is 57.8 Å². The summed E-state index contributed by atoms with van der Waals surface area (Å²) in [5.74, 6) is 0.449. The molecule has 2 atom stereocenters. The van der Waals surface area contributed by atoms with E-state index in [1.807, 2.05) is 38.1 Å². The summed E-state index contributed by atoms with van der Waals surface area (Å²) in [7, 11) is 0. The van der Waals surface area contributed by atoms with Crippen molar-refractivity contribution in [3.8, 4) is 5.75 Å². The molecule has 6 nitrogen and oxygen atoms in total. The van der Waals surface area contributed by atoms with E-state index >= 15 is 0 Å². The Morgan fingerprint density at radius 2 is 1.82 bits per heavy atom. The fraction of sp³-hybridized carbons (Fsp3) is 0.552. The third-order valence-electron chi connectivity index (χ3n) is 8.58. The number of hydrogen-bond acceptors (Lipinski definition) is 5. The molecular formula is C29H35Cl3N2O4. The van der Waals surface area contributed by atoms with Gasteiger partial charge in [-0.3, -0.25) is 9.69 Å². The molecule has 3 fully saturated rings. The molecule has 3 aliphatic rings. The normalized spacial score (nSPS) is 27.6. The fourth-order valence-electron chi connectivity index (χ4n) is 6.12. The highest BCUT2D eigenvalue weighted by Gasteiger charge is 2.49. The quantitative estimate of drug-likeness (QED) is 0.382. The van der Waals surface area contributed by atoms with Crippen molar-refractivity contribution >= 4 is 46.5 Å². The minimum Gasteiger partial charge on any atom is -0.484 e. The van der Waals surface area contributed by atoms with Crippen LogP contribution in [0.15, 0.2) is 36.4 Å². The molecule has 1 aliphatic carbocycles. The number of carbonyl (C=O) groups is 1. The molecule has 2 aliphatic heterocycles. The van der Waals surface area contributed by atoms with E-state index in [4.69, 9.17) is 44.3 Å². The van der Waals surface area contributed by atoms with Crippen LogP contribution in [-0.4, -0.2) is 60.9 Å². The number of carboxylic acid groups (broad SMARTS) is 1. The monoisotopic (exact) mass is 580 g/mol. The lowest BCUT2D eigenvalue weighted by molar-refractivity contribution is -0.161. The molecule has 0 amide bonds. The summed E-state index contributed by atoms with van der Waals surface area (Å²) < 4.78 is 12.4. The molecule has 206 valence electrons. The van der Waals surface area contributed by atoms with E-state index in [1.165, 1.54) is 0 Å². The zero-order chi connectivity index (χ0) is 27.0. The first-order valence-electron chi connectivity index (χ1n) is 13.4. The Labute approximate surface area is 239 Å². The standard InChI is InChI=1S/C29H35Cl3N2O4/c1-18(23-5-3-20(30)13-25(23)32)38-26-14-21(4-6-24(26)31)33-9-7-19(8-10-33)27-17-34(11-12-37-27)22-15-29(2,16-22)28(35)36/h3-6,13-14,18-19,22,27H,7-12,15-17H2,1-2H3,(H,35,36)/t18-,22?,27+,29?/m1/s1. The lowest BCUT2D eigenvalue weighted by atomic mass is 9.66. The summed E-state index contributed by atoms with van der Waals surface area (Å²) in [5, 5.41) is 11.2. The SMILES string of the molecule is C[C@@H](Oc1cc(N2CCC([C@@H]3CN(C4CC(C)(C(=O)O)C4)CCO3)CC2)ccc1Cl)c1ccc(Cl)cc1Cl. The number of aliphatic carboxylic acids is 1. The van der Waals surface area contributed by atoms with Crippen LogP contribution in [0.1, 0.15) is 51.2 Å². The van der Waals surface area contributed by atoms with Gasteiger partial charge in [-0.25, -0.2) is 0 Å². The maximum Gasteiger partial charge on any atom is 0.309 e. The molecule has 0 aromatic heterocycles. The van der Waals surface area contributed by atoms with Crippen molar-refractivity contribution in [3.63, 3.8) is 0 Å². The largest absolute Gasteiger partial charge is 0.484 e. The van der Waals surface area contributed by atoms with Gasteiger partial charge in [0.2, 0.25) is 0 Å². The predicted molar refractivity (Wildman–Crippen MR) is 152 cm³/mol. The van der Waals surface area contributed by atoms with Gasteiger partial charge in [0.05, 0.1) is 23.1 Å². The van der Waals surface area contributed by atoms with E-state index in [0.29, 0.717) is 32.8 Å². The van der Waals surface area contributed by atoms with Crippen molar-refractivity contribution < 1.29 is 19.4 Å². The van der Waals surface area contributed by atoms with Gasteiger partial charge in [-0.15, -0.1) is 0 Å². The van der Waals surface area contributed by atoms with E-state index in [-0.39, 0.29) is 12.2 Å². The van der Waals surface area contributed by atoms with Crippen LogP contribution in [0.5, 0.6) is 5.75 Å². The Balaban J connectivity index is 1.17. The number of ether oxygens (including phenoxy) is 2. The average Bonchev–Trinajstić information content (AvgIpc) is 2.88. The van der Waals surface area contributed by atoms with E-state index in [0.717, 1.165) is 69.7 Å². The van der Waals surface area contributed by atoms with Crippen molar-refractivity contribution in [2.24, 2.45) is 11.3 Å². The highest BCUT2D eigenvalue weighted by molar-refractivity contribution is 6.35. The van der Waals surface area contributed by atoms with Gasteiger partial charge in [0.25, 0.3) is 0 Å². The summed E-state index contributed by atoms with van der Waals surface area (Å²) in [4.78, 5) is 16.3. The molecule has 0 spiro atoms. The molecule has 0 bridgehead atoms. The average molecular weight is 582 g/mol. The summed E-state index contributed by atoms with van der Waals surface area (Å²) in [6, 6.07) is 11.7. The third kappa shape index (κ3) is 5.90. The third-order valence-corrected chi connectivity index (χ3v) is 9.45. The highest BCUT2D eigenvalue weighted by atomic mass is 35.5. The first kappa shape index (κ1) is 27.9. The first-order chi connectivity index (χ1) is 18.1. The second kappa shape index (κ2) is 11.4. The molecule has 0 unspecified atom stereocenters. The van der Waals surface area contributed by atoms with Gasteiger partial charge in [-0.1, -0.05) is 40.9 Å². The van der Waals surface area contributed by atoms with Gasteiger partial charge < -0.3 is 19.5 Å². The Morgan fingerprint density at radius 1 is 1.08 bits per heavy atom. The minimum atomic E-state index is -0.676. The molecule has 1 saturated carbocycles. The van der Waals surface area contributed by atoms with Crippen LogP contribution in [0.2, 0.25) is 15.1 Å². The van der Waals surface area contributed by atoms with E-state index in [1.54, 1.807) is 12.1 Å². The maximum atomic E-state index is 11.5. The van der Waals surface area contributed by atoms with Crippen LogP contribution in [0.4, 0.5) is 5.69 Å². The molecule has 2 aromatic rings. The van der Waals surface area contributed by atoms with Crippen molar-refractivity contribution in [2.75, 3.05) is 37.7 Å². The van der Waals surface area contributed by atoms with Crippen molar-refractivity contribution in [3.05, 3.63) is 57.0 Å². The fourth-order valence-corrected chi connectivity index (χ4v) is 6.84. The van der Waals surface area contributed by atoms with Crippen LogP contribution >= 0.6 is 34.8 Å². The molecule has 5 rings (SSSR count). The number of hydrogen-bond donors (Lipinski definition) is 1. The van der Waals surface area contributed by atoms with Crippen LogP contribution in [0.3, 0.4) is 0 Å². The molecular weight excluding hydrogens is 547 g/mol. The van der Waals surface area contributed by atoms with E-state index < -0.39 is 11.4 Å². The summed E-state index contributed by atoms with van der Waals surface area (Å²) >= 11 is 18.9. The highest BCUT2D eigenvalue weighted by Crippen LogP contribution is 2.44. The van der Waals surface area contributed by atoms with Gasteiger partial charge in [0.1, 0.15) is 11.9 Å². The van der Waals surface area contributed by atoms with E-state index in [2.05, 4.69) is 9.80 Å². The summed E-state index contributed by atoms with van der Waals surface area (Å²) in [6.07, 6.45) is 3.48. The molecule has 2 heterocycles. The summed E-state index contributed by atoms with van der Waals surface area (Å²) in [6.45, 7) is 8.19. The number of carboxylic acids is 1. The first-order valence-corrected chi connectivity index (χ1v) is 14.5. The molecule has 2 saturated heterocycles. The number of morpholine rings is 1. The number of anilines is 1. The van der Waals surface area contributed by atoms with Crippen molar-refractivity contribution in [1.29, 1.82) is 0 Å². The predicted octanol–water partition coefficient (Wildman–Crippen LogP) is 6.96. The summed E-state index contributed by atoms with van der Waals surface area (Å²) in [5.41, 5.74) is 1.38. The molecule has 2 aromatic carbocycles. The molecule has 1 N–H and O–H groups in total. The zero-order valence-electron chi connectivity index (χ0n) is 21.8. The Kier molecular flexibility index (Phi) is 8.37. The number of rotatable bonds is 7. The van der Waals surface area contributed by atoms with Gasteiger partial charge in [0.15, 0.2) is 0 Å². The molecule has 0 radical (unpaired) electrons.